The summed E-state index contributed by atoms with van der Waals surface area (Å²) in [6.07, 6.45) is -9.88. The van der Waals surface area contributed by atoms with Crippen molar-refractivity contribution >= 4 is 29.7 Å². The van der Waals surface area contributed by atoms with Gasteiger partial charge in [-0.1, -0.05) is 36.4 Å². The van der Waals surface area contributed by atoms with E-state index in [1.165, 1.54) is 4.90 Å². The van der Waals surface area contributed by atoms with Crippen LogP contribution in [0.4, 0.5) is 37.0 Å². The van der Waals surface area contributed by atoms with Crippen LogP contribution in [0.3, 0.4) is 0 Å². The Morgan fingerprint density at radius 2 is 1.60 bits per heavy atom. The van der Waals surface area contributed by atoms with Crippen molar-refractivity contribution in [1.29, 1.82) is 0 Å². The van der Waals surface area contributed by atoms with Crippen molar-refractivity contribution in [3.63, 3.8) is 0 Å². The predicted octanol–water partition coefficient (Wildman–Crippen LogP) is 4.33. The summed E-state index contributed by atoms with van der Waals surface area (Å²) in [5.41, 5.74) is -3.85. The maximum atomic E-state index is 13.2. The molecule has 0 saturated carbocycles. The summed E-state index contributed by atoms with van der Waals surface area (Å²) in [6, 6.07) is 12.0. The number of anilines is 1. The first-order chi connectivity index (χ1) is 23.6. The summed E-state index contributed by atoms with van der Waals surface area (Å²) in [7, 11) is 0. The Hall–Kier alpha value is -5.39. The fourth-order valence-corrected chi connectivity index (χ4v) is 4.89. The quantitative estimate of drug-likeness (QED) is 0.190. The Morgan fingerprint density at radius 3 is 2.20 bits per heavy atom. The van der Waals surface area contributed by atoms with Crippen molar-refractivity contribution in [2.24, 2.45) is 0 Å². The zero-order valence-electron chi connectivity index (χ0n) is 26.0. The highest BCUT2D eigenvalue weighted by Crippen LogP contribution is 2.36. The Balaban J connectivity index is 1.33. The number of carboxylic acids is 1. The summed E-state index contributed by atoms with van der Waals surface area (Å²) < 4.78 is 90.3. The van der Waals surface area contributed by atoms with Crippen LogP contribution in [-0.4, -0.2) is 83.3 Å². The van der Waals surface area contributed by atoms with Crippen LogP contribution in [0.1, 0.15) is 33.5 Å². The van der Waals surface area contributed by atoms with Crippen LogP contribution < -0.4 is 16.0 Å². The number of carbonyl (C=O) groups is 4. The third-order valence-corrected chi connectivity index (χ3v) is 7.41. The fourth-order valence-electron chi connectivity index (χ4n) is 4.89. The lowest BCUT2D eigenvalue weighted by Crippen LogP contribution is -2.49. The Bertz CT molecular complexity index is 1610. The number of benzene rings is 2. The number of aromatic nitrogens is 1. The topological polar surface area (TPSA) is 159 Å². The van der Waals surface area contributed by atoms with Gasteiger partial charge in [0.2, 0.25) is 5.91 Å². The van der Waals surface area contributed by atoms with Crippen molar-refractivity contribution in [3.05, 3.63) is 95.2 Å². The second-order valence-corrected chi connectivity index (χ2v) is 11.1. The Morgan fingerprint density at radius 1 is 0.940 bits per heavy atom. The number of alkyl halides is 6. The van der Waals surface area contributed by atoms with E-state index >= 15 is 0 Å². The molecule has 4 rings (SSSR count). The van der Waals surface area contributed by atoms with Gasteiger partial charge in [0.05, 0.1) is 29.8 Å². The molecule has 0 radical (unpaired) electrons. The molecular weight excluding hydrogens is 680 g/mol. The van der Waals surface area contributed by atoms with Gasteiger partial charge in [0.15, 0.2) is 0 Å². The number of carboxylic acid groups (broad SMARTS) is 1. The molecule has 1 aromatic heterocycles. The van der Waals surface area contributed by atoms with Gasteiger partial charge in [-0.25, -0.2) is 14.6 Å². The van der Waals surface area contributed by atoms with Crippen molar-refractivity contribution in [3.8, 4) is 0 Å². The van der Waals surface area contributed by atoms with Crippen LogP contribution in [0.2, 0.25) is 0 Å². The average Bonchev–Trinajstić information content (AvgIpc) is 3.50. The van der Waals surface area contributed by atoms with Crippen LogP contribution in [0.15, 0.2) is 72.9 Å². The van der Waals surface area contributed by atoms with Crippen LogP contribution >= 0.6 is 0 Å². The van der Waals surface area contributed by atoms with E-state index < -0.39 is 84.3 Å². The number of likely N-dealkylation sites (tertiary alicyclic amines) is 1. The first kappa shape index (κ1) is 37.4. The monoisotopic (exact) mass is 711 g/mol. The molecule has 0 spiro atoms. The zero-order chi connectivity index (χ0) is 36.5. The fraction of sp³-hybridized carbons (Fsp3) is 0.344. The van der Waals surface area contributed by atoms with E-state index in [9.17, 15) is 50.6 Å². The van der Waals surface area contributed by atoms with Crippen LogP contribution in [0.25, 0.3) is 0 Å². The third kappa shape index (κ3) is 10.8. The molecule has 3 atom stereocenters. The van der Waals surface area contributed by atoms with Crippen molar-refractivity contribution in [2.75, 3.05) is 31.6 Å². The normalized spacial score (nSPS) is 16.7. The summed E-state index contributed by atoms with van der Waals surface area (Å²) >= 11 is 0. The minimum atomic E-state index is -5.23. The molecule has 0 unspecified atom stereocenters. The number of nitrogens with zero attached hydrogens (tertiary/aromatic N) is 2. The number of hydrogen-bond donors (Lipinski definition) is 4. The van der Waals surface area contributed by atoms with E-state index in [1.807, 2.05) is 11.4 Å². The molecular formula is C32H31F6N5O7. The number of nitrogens with one attached hydrogen (secondary N) is 3. The summed E-state index contributed by atoms with van der Waals surface area (Å²) in [5.74, 6) is -3.57. The van der Waals surface area contributed by atoms with Gasteiger partial charge in [0, 0.05) is 24.8 Å². The SMILES string of the molecule is O=C(CO[C@@H]1C[C@@H](CNc2ccccn2)N(C(=O)OCc2ccccc2)C1)NC[C@H](NC(=O)c1cc(C(F)(F)F)cc(C(F)(F)F)c1)C(=O)O. The Kier molecular flexibility index (Phi) is 12.2. The first-order valence-electron chi connectivity index (χ1n) is 14.9. The highest BCUT2D eigenvalue weighted by Gasteiger charge is 2.39. The number of aliphatic carboxylic acids is 1. The number of amides is 3. The van der Waals surface area contributed by atoms with Gasteiger partial charge < -0.3 is 35.4 Å². The molecule has 3 amide bonds. The smallest absolute Gasteiger partial charge is 0.416 e. The Labute approximate surface area is 280 Å². The molecule has 3 aromatic rings. The number of rotatable bonds is 13. The lowest BCUT2D eigenvalue weighted by Gasteiger charge is -2.24. The number of hydrogen-bond acceptors (Lipinski definition) is 8. The molecule has 268 valence electrons. The molecule has 1 aliphatic heterocycles. The summed E-state index contributed by atoms with van der Waals surface area (Å²) in [4.78, 5) is 55.5. The van der Waals surface area contributed by atoms with Gasteiger partial charge in [-0.05, 0) is 42.3 Å². The molecule has 1 fully saturated rings. The molecule has 0 bridgehead atoms. The van der Waals surface area contributed by atoms with Gasteiger partial charge in [-0.2, -0.15) is 26.3 Å². The largest absolute Gasteiger partial charge is 0.480 e. The lowest BCUT2D eigenvalue weighted by atomic mass is 10.0. The van der Waals surface area contributed by atoms with Crippen molar-refractivity contribution < 1.29 is 60.1 Å². The number of carbonyl (C=O) groups excluding carboxylic acids is 3. The van der Waals surface area contributed by atoms with Crippen LogP contribution in [0.5, 0.6) is 0 Å². The standard InChI is InChI=1S/C32H31F6N5O7/c33-31(34,35)21-10-20(11-22(12-21)32(36,37)38)28(45)42-25(29(46)47)15-41-27(44)18-49-24-13-23(14-40-26-8-4-5-9-39-26)43(16-24)30(48)50-17-19-6-2-1-3-7-19/h1-12,23-25H,13-18H2,(H,39,40)(H,41,44)(H,42,45)(H,46,47)/t23-,24+,25-/m0/s1. The minimum Gasteiger partial charge on any atom is -0.480 e. The zero-order valence-corrected chi connectivity index (χ0v) is 26.0. The van der Waals surface area contributed by atoms with Crippen molar-refractivity contribution in [2.45, 2.75) is 43.6 Å². The second-order valence-electron chi connectivity index (χ2n) is 11.1. The summed E-state index contributed by atoms with van der Waals surface area (Å²) in [6.45, 7) is -1.07. The molecule has 2 aromatic carbocycles. The van der Waals surface area contributed by atoms with E-state index in [-0.39, 0.29) is 44.3 Å². The highest BCUT2D eigenvalue weighted by atomic mass is 19.4. The van der Waals surface area contributed by atoms with E-state index in [0.29, 0.717) is 5.82 Å². The molecule has 0 aliphatic carbocycles. The molecule has 18 heteroatoms. The molecule has 1 aliphatic rings. The summed E-state index contributed by atoms with van der Waals surface area (Å²) in [5, 5.41) is 16.6. The van der Waals surface area contributed by atoms with Crippen LogP contribution in [0, 0.1) is 0 Å². The van der Waals surface area contributed by atoms with Crippen molar-refractivity contribution in [1.82, 2.24) is 20.5 Å². The predicted molar refractivity (Wildman–Crippen MR) is 163 cm³/mol. The minimum absolute atomic E-state index is 0.0169. The molecule has 1 saturated heterocycles. The van der Waals surface area contributed by atoms with E-state index in [4.69, 9.17) is 9.47 Å². The molecule has 4 N–H and O–H groups in total. The van der Waals surface area contributed by atoms with Gasteiger partial charge in [0.25, 0.3) is 5.91 Å². The number of halogens is 6. The second kappa shape index (κ2) is 16.3. The maximum Gasteiger partial charge on any atom is 0.416 e. The number of pyridine rings is 1. The number of ether oxygens (including phenoxy) is 2. The van der Waals surface area contributed by atoms with E-state index in [1.54, 1.807) is 48.7 Å². The average molecular weight is 712 g/mol. The van der Waals surface area contributed by atoms with Gasteiger partial charge >= 0.3 is 24.4 Å². The lowest BCUT2D eigenvalue weighted by molar-refractivity contribution is -0.143. The van der Waals surface area contributed by atoms with Gasteiger partial charge in [-0.15, -0.1) is 0 Å². The van der Waals surface area contributed by atoms with Gasteiger partial charge in [0.1, 0.15) is 25.1 Å². The third-order valence-electron chi connectivity index (χ3n) is 7.41. The maximum absolute atomic E-state index is 13.2. The van der Waals surface area contributed by atoms with E-state index in [2.05, 4.69) is 15.6 Å². The molecule has 50 heavy (non-hydrogen) atoms. The van der Waals surface area contributed by atoms with Crippen LogP contribution in [-0.2, 0) is 38.0 Å². The first-order valence-corrected chi connectivity index (χ1v) is 14.9. The molecule has 2 heterocycles. The molecule has 12 nitrogen and oxygen atoms in total. The van der Waals surface area contributed by atoms with E-state index in [0.717, 1.165) is 5.56 Å². The highest BCUT2D eigenvalue weighted by molar-refractivity contribution is 5.97. The van der Waals surface area contributed by atoms with Gasteiger partial charge in [-0.3, -0.25) is 9.59 Å².